The molecule has 0 heterocycles. The van der Waals surface area contributed by atoms with Crippen LogP contribution in [0, 0.1) is 0 Å². The summed E-state index contributed by atoms with van der Waals surface area (Å²) in [5.74, 6) is -0.778. The number of hydrogen-bond acceptors (Lipinski definition) is 5. The summed E-state index contributed by atoms with van der Waals surface area (Å²) in [7, 11) is 2.76. The average Bonchev–Trinajstić information content (AvgIpc) is 2.47. The Morgan fingerprint density at radius 1 is 1.27 bits per heavy atom. The molecule has 0 aliphatic rings. The molecular weight excluding hydrogens is 292 g/mol. The number of hydrogen-bond donors (Lipinski definition) is 2. The van der Waals surface area contributed by atoms with Crippen LogP contribution < -0.4 is 14.8 Å². The van der Waals surface area contributed by atoms with E-state index in [0.29, 0.717) is 11.3 Å². The van der Waals surface area contributed by atoms with Crippen molar-refractivity contribution in [2.45, 2.75) is 13.3 Å². The van der Waals surface area contributed by atoms with E-state index in [0.717, 1.165) is 4.90 Å². The van der Waals surface area contributed by atoms with Crippen molar-refractivity contribution in [3.8, 4) is 11.5 Å². The van der Waals surface area contributed by atoms with Crippen LogP contribution in [-0.4, -0.2) is 48.8 Å². The van der Waals surface area contributed by atoms with Crippen molar-refractivity contribution >= 4 is 17.9 Å². The number of urea groups is 1. The molecule has 1 aromatic rings. The number of nitrogens with one attached hydrogen (secondary N) is 1. The molecule has 8 heteroatoms. The maximum atomic E-state index is 11.6. The first-order chi connectivity index (χ1) is 10.4. The van der Waals surface area contributed by atoms with E-state index < -0.39 is 17.9 Å². The lowest BCUT2D eigenvalue weighted by atomic mass is 10.1. The Balaban J connectivity index is 2.75. The Labute approximate surface area is 127 Å². The molecule has 0 bridgehead atoms. The van der Waals surface area contributed by atoms with Crippen molar-refractivity contribution < 1.29 is 29.0 Å². The normalized spacial score (nSPS) is 9.77. The Kier molecular flexibility index (Phi) is 6.18. The van der Waals surface area contributed by atoms with Gasteiger partial charge in [0.1, 0.15) is 11.5 Å². The van der Waals surface area contributed by atoms with Gasteiger partial charge in [-0.3, -0.25) is 14.5 Å². The standard InChI is InChI=1S/C14H18N2O6/c1-9(17)16(2)14(20)15-8-22-12-6-4-5-11(21-3)10(12)7-13(18)19/h4-6H,7-8H2,1-3H3,(H,15,20)(H,18,19). The molecule has 0 saturated heterocycles. The van der Waals surface area contributed by atoms with E-state index in [1.54, 1.807) is 18.2 Å². The summed E-state index contributed by atoms with van der Waals surface area (Å²) in [6, 6.07) is 4.22. The molecule has 0 fully saturated rings. The van der Waals surface area contributed by atoms with Crippen LogP contribution in [0.2, 0.25) is 0 Å². The number of rotatable bonds is 6. The number of carbonyl (C=O) groups is 3. The second-order valence-electron chi connectivity index (χ2n) is 4.36. The second kappa shape index (κ2) is 7.87. The molecule has 1 rings (SSSR count). The molecule has 0 saturated carbocycles. The van der Waals surface area contributed by atoms with Crippen LogP contribution in [-0.2, 0) is 16.0 Å². The minimum atomic E-state index is -1.03. The first kappa shape index (κ1) is 17.3. The third-order valence-electron chi connectivity index (χ3n) is 2.87. The molecule has 0 atom stereocenters. The molecule has 0 aliphatic carbocycles. The predicted octanol–water partition coefficient (Wildman–Crippen LogP) is 0.846. The minimum absolute atomic E-state index is 0.212. The fourth-order valence-corrected chi connectivity index (χ4v) is 1.63. The van der Waals surface area contributed by atoms with Gasteiger partial charge >= 0.3 is 12.0 Å². The zero-order valence-electron chi connectivity index (χ0n) is 12.6. The molecule has 1 aromatic carbocycles. The zero-order chi connectivity index (χ0) is 16.7. The quantitative estimate of drug-likeness (QED) is 0.755. The van der Waals surface area contributed by atoms with Crippen LogP contribution >= 0.6 is 0 Å². The summed E-state index contributed by atoms with van der Waals surface area (Å²) in [6.45, 7) is 1.05. The highest BCUT2D eigenvalue weighted by atomic mass is 16.5. The Morgan fingerprint density at radius 2 is 1.91 bits per heavy atom. The van der Waals surface area contributed by atoms with E-state index in [9.17, 15) is 14.4 Å². The van der Waals surface area contributed by atoms with Gasteiger partial charge in [-0.1, -0.05) is 6.07 Å². The summed E-state index contributed by atoms with van der Waals surface area (Å²) in [5, 5.41) is 11.3. The molecule has 0 unspecified atom stereocenters. The Hall–Kier alpha value is -2.77. The smallest absolute Gasteiger partial charge is 0.326 e. The number of methoxy groups -OCH3 is 1. The number of aliphatic carboxylic acids is 1. The Morgan fingerprint density at radius 3 is 2.45 bits per heavy atom. The lowest BCUT2D eigenvalue weighted by Crippen LogP contribution is -2.41. The third kappa shape index (κ3) is 4.65. The highest BCUT2D eigenvalue weighted by Crippen LogP contribution is 2.28. The van der Waals surface area contributed by atoms with Gasteiger partial charge in [0.2, 0.25) is 5.91 Å². The molecule has 0 aliphatic heterocycles. The number of nitrogens with zero attached hydrogens (tertiary/aromatic N) is 1. The van der Waals surface area contributed by atoms with Gasteiger partial charge in [-0.15, -0.1) is 0 Å². The number of ether oxygens (including phenoxy) is 2. The maximum Gasteiger partial charge on any atom is 0.326 e. The lowest BCUT2D eigenvalue weighted by molar-refractivity contribution is -0.136. The topological polar surface area (TPSA) is 105 Å². The van der Waals surface area contributed by atoms with Gasteiger partial charge in [-0.05, 0) is 12.1 Å². The maximum absolute atomic E-state index is 11.6. The van der Waals surface area contributed by atoms with Gasteiger partial charge in [-0.2, -0.15) is 0 Å². The fraction of sp³-hybridized carbons (Fsp3) is 0.357. The van der Waals surface area contributed by atoms with Crippen LogP contribution in [0.5, 0.6) is 11.5 Å². The van der Waals surface area contributed by atoms with E-state index in [-0.39, 0.29) is 18.9 Å². The van der Waals surface area contributed by atoms with Gasteiger partial charge in [-0.25, -0.2) is 4.79 Å². The van der Waals surface area contributed by atoms with Crippen LogP contribution in [0.4, 0.5) is 4.79 Å². The Bertz CT molecular complexity index is 572. The first-order valence-corrected chi connectivity index (χ1v) is 6.39. The van der Waals surface area contributed by atoms with Crippen LogP contribution in [0.1, 0.15) is 12.5 Å². The number of benzene rings is 1. The highest BCUT2D eigenvalue weighted by molar-refractivity contribution is 5.92. The van der Waals surface area contributed by atoms with Gasteiger partial charge < -0.3 is 19.9 Å². The van der Waals surface area contributed by atoms with Crippen LogP contribution in [0.15, 0.2) is 18.2 Å². The predicted molar refractivity (Wildman–Crippen MR) is 76.8 cm³/mol. The monoisotopic (exact) mass is 310 g/mol. The van der Waals surface area contributed by atoms with Crippen molar-refractivity contribution in [3.05, 3.63) is 23.8 Å². The van der Waals surface area contributed by atoms with Crippen LogP contribution in [0.3, 0.4) is 0 Å². The van der Waals surface area contributed by atoms with Gasteiger partial charge in [0.25, 0.3) is 0 Å². The number of carbonyl (C=O) groups excluding carboxylic acids is 2. The van der Waals surface area contributed by atoms with E-state index in [1.807, 2.05) is 0 Å². The molecule has 3 amide bonds. The first-order valence-electron chi connectivity index (χ1n) is 6.39. The van der Waals surface area contributed by atoms with Crippen molar-refractivity contribution in [3.63, 3.8) is 0 Å². The van der Waals surface area contributed by atoms with Crippen molar-refractivity contribution in [2.24, 2.45) is 0 Å². The van der Waals surface area contributed by atoms with Crippen molar-refractivity contribution in [2.75, 3.05) is 20.9 Å². The summed E-state index contributed by atoms with van der Waals surface area (Å²) < 4.78 is 10.5. The zero-order valence-corrected chi connectivity index (χ0v) is 12.6. The van der Waals surface area contributed by atoms with E-state index in [2.05, 4.69) is 5.32 Å². The molecule has 0 aromatic heterocycles. The van der Waals surface area contributed by atoms with Gasteiger partial charge in [0.05, 0.1) is 13.5 Å². The largest absolute Gasteiger partial charge is 0.496 e. The number of amides is 3. The average molecular weight is 310 g/mol. The van der Waals surface area contributed by atoms with Gasteiger partial charge in [0.15, 0.2) is 6.73 Å². The summed E-state index contributed by atoms with van der Waals surface area (Å²) >= 11 is 0. The molecule has 120 valence electrons. The molecule has 22 heavy (non-hydrogen) atoms. The molecule has 8 nitrogen and oxygen atoms in total. The van der Waals surface area contributed by atoms with E-state index in [4.69, 9.17) is 14.6 Å². The SMILES string of the molecule is COc1cccc(OCNC(=O)N(C)C(C)=O)c1CC(=O)O. The van der Waals surface area contributed by atoms with E-state index in [1.165, 1.54) is 21.1 Å². The second-order valence-corrected chi connectivity index (χ2v) is 4.36. The van der Waals surface area contributed by atoms with E-state index >= 15 is 0 Å². The van der Waals surface area contributed by atoms with Crippen LogP contribution in [0.25, 0.3) is 0 Å². The molecular formula is C14H18N2O6. The minimum Gasteiger partial charge on any atom is -0.496 e. The van der Waals surface area contributed by atoms with Crippen molar-refractivity contribution in [1.29, 1.82) is 0 Å². The molecule has 2 N–H and O–H groups in total. The summed E-state index contributed by atoms with van der Waals surface area (Å²) in [4.78, 5) is 34.4. The van der Waals surface area contributed by atoms with Gasteiger partial charge in [0, 0.05) is 19.5 Å². The summed E-state index contributed by atoms with van der Waals surface area (Å²) in [5.41, 5.74) is 0.367. The number of carboxylic acids is 1. The molecule has 0 spiro atoms. The third-order valence-corrected chi connectivity index (χ3v) is 2.87. The highest BCUT2D eigenvalue weighted by Gasteiger charge is 2.15. The van der Waals surface area contributed by atoms with Crippen molar-refractivity contribution in [1.82, 2.24) is 10.2 Å². The number of imide groups is 1. The summed E-state index contributed by atoms with van der Waals surface area (Å²) in [6.07, 6.45) is -0.277. The lowest BCUT2D eigenvalue weighted by Gasteiger charge is -2.16. The molecule has 0 radical (unpaired) electrons. The number of carboxylic acid groups (broad SMARTS) is 1. The fourth-order valence-electron chi connectivity index (χ4n) is 1.63.